The molecule has 0 aliphatic carbocycles. The number of anilines is 1. The van der Waals surface area contributed by atoms with Crippen molar-refractivity contribution in [2.24, 2.45) is 0 Å². The van der Waals surface area contributed by atoms with Crippen molar-refractivity contribution in [1.82, 2.24) is 14.8 Å². The number of carbonyl (C=O) groups is 2. The molecule has 0 bridgehead atoms. The zero-order valence-corrected chi connectivity index (χ0v) is 18.7. The number of pyridine rings is 1. The number of benzene rings is 1. The zero-order valence-electron chi connectivity index (χ0n) is 18.7. The molecule has 1 fully saturated rings. The Balaban J connectivity index is 1.55. The van der Waals surface area contributed by atoms with E-state index in [0.29, 0.717) is 31.6 Å². The highest BCUT2D eigenvalue weighted by Crippen LogP contribution is 2.23. The van der Waals surface area contributed by atoms with Gasteiger partial charge in [-0.05, 0) is 63.9 Å². The molecule has 2 aromatic rings. The Morgan fingerprint density at radius 1 is 1.16 bits per heavy atom. The number of amides is 3. The maximum Gasteiger partial charge on any atom is 0.410 e. The van der Waals surface area contributed by atoms with Gasteiger partial charge >= 0.3 is 12.1 Å². The Kier molecular flexibility index (Phi) is 6.96. The predicted octanol–water partition coefficient (Wildman–Crippen LogP) is 4.89. The number of hydrogen-bond donors (Lipinski definition) is 1. The molecule has 0 atom stereocenters. The quantitative estimate of drug-likeness (QED) is 0.729. The number of urea groups is 1. The van der Waals surface area contributed by atoms with Gasteiger partial charge in [0.25, 0.3) is 0 Å². The summed E-state index contributed by atoms with van der Waals surface area (Å²) in [5.41, 5.74) is 0.211. The van der Waals surface area contributed by atoms with Gasteiger partial charge < -0.3 is 19.9 Å². The van der Waals surface area contributed by atoms with E-state index in [2.05, 4.69) is 10.3 Å². The van der Waals surface area contributed by atoms with Crippen molar-refractivity contribution in [3.63, 3.8) is 0 Å². The van der Waals surface area contributed by atoms with Crippen LogP contribution in [0.1, 0.15) is 33.6 Å². The van der Waals surface area contributed by atoms with Crippen LogP contribution in [-0.2, 0) is 4.74 Å². The molecule has 1 aliphatic rings. The number of hydrogen-bond acceptors (Lipinski definition) is 4. The fourth-order valence-electron chi connectivity index (χ4n) is 3.46. The molecule has 1 aromatic heterocycles. The van der Waals surface area contributed by atoms with E-state index >= 15 is 0 Å². The zero-order chi connectivity index (χ0) is 23.5. The second kappa shape index (κ2) is 9.50. The second-order valence-corrected chi connectivity index (χ2v) is 8.80. The standard InChI is InChI=1S/C23H28F2N4O3/c1-23(2,3)32-22(31)29-11-9-17(10-12-29)28(4)21(30)27-16-6-8-20(26-14-16)18-13-15(24)5-7-19(18)25/h5-8,13-14,17H,9-12H2,1-4H3,(H,27,30). The van der Waals surface area contributed by atoms with Gasteiger partial charge in [0.2, 0.25) is 0 Å². The van der Waals surface area contributed by atoms with Crippen molar-refractivity contribution >= 4 is 17.8 Å². The number of rotatable bonds is 3. The van der Waals surface area contributed by atoms with E-state index in [-0.39, 0.29) is 29.4 Å². The van der Waals surface area contributed by atoms with Crippen LogP contribution in [0, 0.1) is 11.6 Å². The second-order valence-electron chi connectivity index (χ2n) is 8.80. The highest BCUT2D eigenvalue weighted by molar-refractivity contribution is 5.89. The molecule has 0 spiro atoms. The van der Waals surface area contributed by atoms with Gasteiger partial charge in [0, 0.05) is 31.7 Å². The van der Waals surface area contributed by atoms with Crippen LogP contribution in [0.25, 0.3) is 11.3 Å². The summed E-state index contributed by atoms with van der Waals surface area (Å²) in [5, 5.41) is 2.76. The number of nitrogens with one attached hydrogen (secondary N) is 1. The summed E-state index contributed by atoms with van der Waals surface area (Å²) < 4.78 is 32.7. The van der Waals surface area contributed by atoms with Gasteiger partial charge in [-0.3, -0.25) is 4.98 Å². The SMILES string of the molecule is CN(C(=O)Nc1ccc(-c2cc(F)ccc2F)nc1)C1CCN(C(=O)OC(C)(C)C)CC1. The van der Waals surface area contributed by atoms with Crippen molar-refractivity contribution in [3.8, 4) is 11.3 Å². The van der Waals surface area contributed by atoms with Crippen LogP contribution < -0.4 is 5.32 Å². The Bertz CT molecular complexity index is 968. The molecule has 0 radical (unpaired) electrons. The van der Waals surface area contributed by atoms with Gasteiger partial charge in [-0.15, -0.1) is 0 Å². The van der Waals surface area contributed by atoms with Crippen molar-refractivity contribution in [1.29, 1.82) is 0 Å². The van der Waals surface area contributed by atoms with Crippen molar-refractivity contribution in [2.75, 3.05) is 25.5 Å². The molecule has 0 unspecified atom stereocenters. The third-order valence-electron chi connectivity index (χ3n) is 5.20. The maximum atomic E-state index is 13.9. The minimum absolute atomic E-state index is 0.0256. The summed E-state index contributed by atoms with van der Waals surface area (Å²) >= 11 is 0. The third kappa shape index (κ3) is 5.93. The molecule has 32 heavy (non-hydrogen) atoms. The molecule has 3 rings (SSSR count). The minimum atomic E-state index is -0.576. The smallest absolute Gasteiger partial charge is 0.410 e. The van der Waals surface area contributed by atoms with Crippen molar-refractivity contribution in [3.05, 3.63) is 48.2 Å². The van der Waals surface area contributed by atoms with Crippen LogP contribution in [0.2, 0.25) is 0 Å². The van der Waals surface area contributed by atoms with Crippen LogP contribution in [-0.4, -0.2) is 58.7 Å². The molecular weight excluding hydrogens is 418 g/mol. The van der Waals surface area contributed by atoms with E-state index in [1.807, 2.05) is 20.8 Å². The fraction of sp³-hybridized carbons (Fsp3) is 0.435. The molecule has 172 valence electrons. The molecule has 1 saturated heterocycles. The lowest BCUT2D eigenvalue weighted by molar-refractivity contribution is 0.0174. The minimum Gasteiger partial charge on any atom is -0.444 e. The lowest BCUT2D eigenvalue weighted by atomic mass is 10.0. The number of likely N-dealkylation sites (tertiary alicyclic amines) is 1. The monoisotopic (exact) mass is 446 g/mol. The van der Waals surface area contributed by atoms with Gasteiger partial charge in [0.1, 0.15) is 17.2 Å². The highest BCUT2D eigenvalue weighted by atomic mass is 19.1. The van der Waals surface area contributed by atoms with Gasteiger partial charge in [-0.1, -0.05) is 0 Å². The molecule has 1 aliphatic heterocycles. The molecule has 7 nitrogen and oxygen atoms in total. The van der Waals surface area contributed by atoms with Crippen LogP contribution in [0.4, 0.5) is 24.1 Å². The van der Waals surface area contributed by atoms with E-state index in [4.69, 9.17) is 4.74 Å². The fourth-order valence-corrected chi connectivity index (χ4v) is 3.46. The highest BCUT2D eigenvalue weighted by Gasteiger charge is 2.30. The first-order chi connectivity index (χ1) is 15.0. The van der Waals surface area contributed by atoms with Crippen LogP contribution in [0.15, 0.2) is 36.5 Å². The first-order valence-electron chi connectivity index (χ1n) is 10.5. The van der Waals surface area contributed by atoms with Gasteiger partial charge in [-0.2, -0.15) is 0 Å². The van der Waals surface area contributed by atoms with E-state index in [0.717, 1.165) is 18.2 Å². The number of aromatic nitrogens is 1. The Morgan fingerprint density at radius 2 is 1.84 bits per heavy atom. The summed E-state index contributed by atoms with van der Waals surface area (Å²) in [7, 11) is 1.70. The van der Waals surface area contributed by atoms with Crippen LogP contribution >= 0.6 is 0 Å². The van der Waals surface area contributed by atoms with E-state index in [9.17, 15) is 18.4 Å². The summed E-state index contributed by atoms with van der Waals surface area (Å²) in [4.78, 5) is 32.2. The Morgan fingerprint density at radius 3 is 2.44 bits per heavy atom. The van der Waals surface area contributed by atoms with Gasteiger partial charge in [0.05, 0.1) is 17.6 Å². The summed E-state index contributed by atoms with van der Waals surface area (Å²) in [6.07, 6.45) is 2.33. The average molecular weight is 446 g/mol. The van der Waals surface area contributed by atoms with Crippen molar-refractivity contribution < 1.29 is 23.1 Å². The predicted molar refractivity (Wildman–Crippen MR) is 117 cm³/mol. The molecule has 9 heteroatoms. The topological polar surface area (TPSA) is 74.8 Å². The Hall–Kier alpha value is -3.23. The molecule has 0 saturated carbocycles. The molecule has 1 N–H and O–H groups in total. The average Bonchev–Trinajstić information content (AvgIpc) is 2.74. The number of halogens is 2. The van der Waals surface area contributed by atoms with Gasteiger partial charge in [0.15, 0.2) is 0 Å². The lowest BCUT2D eigenvalue weighted by Gasteiger charge is -2.37. The van der Waals surface area contributed by atoms with Gasteiger partial charge in [-0.25, -0.2) is 18.4 Å². The summed E-state index contributed by atoms with van der Waals surface area (Å²) in [6.45, 7) is 6.49. The van der Waals surface area contributed by atoms with Crippen LogP contribution in [0.5, 0.6) is 0 Å². The molecular formula is C23H28F2N4O3. The van der Waals surface area contributed by atoms with E-state index < -0.39 is 17.2 Å². The maximum absolute atomic E-state index is 13.9. The molecule has 2 heterocycles. The number of carbonyl (C=O) groups excluding carboxylic acids is 2. The number of ether oxygens (including phenoxy) is 1. The van der Waals surface area contributed by atoms with Crippen LogP contribution in [0.3, 0.4) is 0 Å². The number of nitrogens with zero attached hydrogens (tertiary/aromatic N) is 3. The largest absolute Gasteiger partial charge is 0.444 e. The van der Waals surface area contributed by atoms with Crippen molar-refractivity contribution in [2.45, 2.75) is 45.3 Å². The first kappa shape index (κ1) is 23.4. The molecule has 3 amide bonds. The van der Waals surface area contributed by atoms with E-state index in [1.165, 1.54) is 12.3 Å². The normalized spacial score (nSPS) is 14.8. The lowest BCUT2D eigenvalue weighted by Crippen LogP contribution is -2.49. The number of piperidine rings is 1. The Labute approximate surface area is 186 Å². The molecule has 1 aromatic carbocycles. The summed E-state index contributed by atoms with van der Waals surface area (Å²) in [6, 6.07) is 5.94. The first-order valence-corrected chi connectivity index (χ1v) is 10.5. The third-order valence-corrected chi connectivity index (χ3v) is 5.20. The summed E-state index contributed by atoms with van der Waals surface area (Å²) in [5.74, 6) is -1.13. The van der Waals surface area contributed by atoms with E-state index in [1.54, 1.807) is 22.9 Å².